The molecular weight excluding hydrogens is 323 g/mol. The van der Waals surface area contributed by atoms with Gasteiger partial charge in [-0.05, 0) is 38.1 Å². The maximum absolute atomic E-state index is 12.5. The van der Waals surface area contributed by atoms with Crippen molar-refractivity contribution in [1.29, 1.82) is 0 Å². The number of carbonyl (C=O) groups excluding carboxylic acids is 2. The molecule has 1 N–H and O–H groups in total. The zero-order valence-corrected chi connectivity index (χ0v) is 13.6. The molecule has 8 heteroatoms. The lowest BCUT2D eigenvalue weighted by atomic mass is 10.0. The zero-order chi connectivity index (χ0) is 17.3. The summed E-state index contributed by atoms with van der Waals surface area (Å²) < 4.78 is 37.3. The van der Waals surface area contributed by atoms with E-state index in [0.29, 0.717) is 19.1 Å². The third-order valence-electron chi connectivity index (χ3n) is 5.13. The van der Waals surface area contributed by atoms with Crippen molar-refractivity contribution >= 4 is 11.8 Å². The van der Waals surface area contributed by atoms with Crippen LogP contribution in [0.4, 0.5) is 13.2 Å². The molecule has 3 rings (SSSR count). The third-order valence-corrected chi connectivity index (χ3v) is 5.13. The minimum Gasteiger partial charge on any atom is -0.342 e. The number of nitrogens with zero attached hydrogens (tertiary/aromatic N) is 2. The quantitative estimate of drug-likeness (QED) is 0.818. The average Bonchev–Trinajstić information content (AvgIpc) is 3.28. The summed E-state index contributed by atoms with van der Waals surface area (Å²) in [5, 5.41) is 3.53. The van der Waals surface area contributed by atoms with E-state index in [9.17, 15) is 22.8 Å². The Balaban J connectivity index is 1.44. The van der Waals surface area contributed by atoms with Crippen LogP contribution in [0.1, 0.15) is 32.1 Å². The van der Waals surface area contributed by atoms with Gasteiger partial charge in [0.1, 0.15) is 6.54 Å². The maximum atomic E-state index is 12.5. The standard InChI is InChI=1S/C16H24F3N3O2/c17-16(18,19)10-22-9-12(7-14(22)23)15(24)21-5-3-13(4-6-21)20-8-11-1-2-11/h11-13,20H,1-10H2. The normalized spacial score (nSPS) is 26.3. The summed E-state index contributed by atoms with van der Waals surface area (Å²) >= 11 is 0. The van der Waals surface area contributed by atoms with E-state index in [0.717, 1.165) is 30.2 Å². The number of rotatable bonds is 5. The Kier molecular flexibility index (Phi) is 5.03. The zero-order valence-electron chi connectivity index (χ0n) is 13.6. The second kappa shape index (κ2) is 6.90. The molecule has 2 heterocycles. The molecule has 3 fully saturated rings. The fourth-order valence-electron chi connectivity index (χ4n) is 3.52. The molecule has 2 aliphatic heterocycles. The lowest BCUT2D eigenvalue weighted by Gasteiger charge is -2.34. The topological polar surface area (TPSA) is 52.7 Å². The van der Waals surface area contributed by atoms with Crippen LogP contribution in [0.15, 0.2) is 0 Å². The van der Waals surface area contributed by atoms with Gasteiger partial charge in [-0.3, -0.25) is 9.59 Å². The van der Waals surface area contributed by atoms with Gasteiger partial charge < -0.3 is 15.1 Å². The number of hydrogen-bond donors (Lipinski definition) is 1. The third kappa shape index (κ3) is 4.62. The van der Waals surface area contributed by atoms with Gasteiger partial charge >= 0.3 is 6.18 Å². The van der Waals surface area contributed by atoms with Gasteiger partial charge in [-0.1, -0.05) is 0 Å². The van der Waals surface area contributed by atoms with E-state index in [1.54, 1.807) is 4.90 Å². The highest BCUT2D eigenvalue weighted by Crippen LogP contribution is 2.29. The van der Waals surface area contributed by atoms with E-state index in [-0.39, 0.29) is 18.9 Å². The molecule has 24 heavy (non-hydrogen) atoms. The Hall–Kier alpha value is -1.31. The van der Waals surface area contributed by atoms with E-state index in [4.69, 9.17) is 0 Å². The number of likely N-dealkylation sites (tertiary alicyclic amines) is 2. The van der Waals surface area contributed by atoms with E-state index in [1.165, 1.54) is 12.8 Å². The van der Waals surface area contributed by atoms with Crippen molar-refractivity contribution in [3.05, 3.63) is 0 Å². The van der Waals surface area contributed by atoms with E-state index < -0.39 is 24.5 Å². The first-order valence-electron chi connectivity index (χ1n) is 8.68. The van der Waals surface area contributed by atoms with Gasteiger partial charge in [0.2, 0.25) is 11.8 Å². The Morgan fingerprint density at radius 1 is 1.17 bits per heavy atom. The van der Waals surface area contributed by atoms with Crippen LogP contribution in [-0.4, -0.2) is 66.6 Å². The van der Waals surface area contributed by atoms with Gasteiger partial charge in [0.25, 0.3) is 0 Å². The summed E-state index contributed by atoms with van der Waals surface area (Å²) in [5.41, 5.74) is 0. The first kappa shape index (κ1) is 17.5. The van der Waals surface area contributed by atoms with Crippen molar-refractivity contribution in [2.75, 3.05) is 32.7 Å². The smallest absolute Gasteiger partial charge is 0.342 e. The number of carbonyl (C=O) groups is 2. The van der Waals surface area contributed by atoms with Crippen molar-refractivity contribution in [3.8, 4) is 0 Å². The Bertz CT molecular complexity index is 485. The van der Waals surface area contributed by atoms with E-state index in [2.05, 4.69) is 5.32 Å². The maximum Gasteiger partial charge on any atom is 0.406 e. The van der Waals surface area contributed by atoms with Crippen molar-refractivity contribution in [2.45, 2.75) is 44.3 Å². The summed E-state index contributed by atoms with van der Waals surface area (Å²) in [6.07, 6.45) is -0.187. The molecule has 0 aromatic rings. The summed E-state index contributed by atoms with van der Waals surface area (Å²) in [7, 11) is 0. The van der Waals surface area contributed by atoms with E-state index in [1.807, 2.05) is 0 Å². The second-order valence-electron chi connectivity index (χ2n) is 7.24. The highest BCUT2D eigenvalue weighted by molar-refractivity contribution is 5.89. The van der Waals surface area contributed by atoms with Crippen molar-refractivity contribution < 1.29 is 22.8 Å². The lowest BCUT2D eigenvalue weighted by molar-refractivity contribution is -0.157. The number of halogens is 3. The second-order valence-corrected chi connectivity index (χ2v) is 7.24. The largest absolute Gasteiger partial charge is 0.406 e. The number of nitrogens with one attached hydrogen (secondary N) is 1. The summed E-state index contributed by atoms with van der Waals surface area (Å²) in [5.74, 6) is -0.565. The van der Waals surface area contributed by atoms with Crippen LogP contribution in [0.3, 0.4) is 0 Å². The molecule has 3 aliphatic rings. The van der Waals surface area contributed by atoms with Crippen LogP contribution >= 0.6 is 0 Å². The van der Waals surface area contributed by atoms with Crippen LogP contribution in [0.2, 0.25) is 0 Å². The predicted molar refractivity (Wildman–Crippen MR) is 81.1 cm³/mol. The van der Waals surface area contributed by atoms with Gasteiger partial charge in [0.05, 0.1) is 5.92 Å². The molecule has 0 aromatic heterocycles. The van der Waals surface area contributed by atoms with Crippen LogP contribution < -0.4 is 5.32 Å². The first-order valence-corrected chi connectivity index (χ1v) is 8.68. The van der Waals surface area contributed by atoms with Crippen LogP contribution in [0.5, 0.6) is 0 Å². The Labute approximate surface area is 139 Å². The van der Waals surface area contributed by atoms with E-state index >= 15 is 0 Å². The number of piperidine rings is 1. The lowest BCUT2D eigenvalue weighted by Crippen LogP contribution is -2.47. The molecule has 0 aromatic carbocycles. The van der Waals surface area contributed by atoms with Crippen LogP contribution in [0.25, 0.3) is 0 Å². The first-order chi connectivity index (χ1) is 11.3. The van der Waals surface area contributed by atoms with Gasteiger partial charge in [-0.15, -0.1) is 0 Å². The molecule has 1 atom stereocenters. The molecule has 1 aliphatic carbocycles. The molecule has 2 amide bonds. The fourth-order valence-corrected chi connectivity index (χ4v) is 3.52. The summed E-state index contributed by atoms with van der Waals surface area (Å²) in [6.45, 7) is 0.901. The fraction of sp³-hybridized carbons (Fsp3) is 0.875. The van der Waals surface area contributed by atoms with Crippen molar-refractivity contribution in [2.24, 2.45) is 11.8 Å². The van der Waals surface area contributed by atoms with Crippen LogP contribution in [-0.2, 0) is 9.59 Å². The Morgan fingerprint density at radius 3 is 2.42 bits per heavy atom. The molecular formula is C16H24F3N3O2. The molecule has 136 valence electrons. The van der Waals surface area contributed by atoms with Crippen LogP contribution in [0, 0.1) is 11.8 Å². The predicted octanol–water partition coefficient (Wildman–Crippen LogP) is 1.39. The molecule has 1 unspecified atom stereocenters. The Morgan fingerprint density at radius 2 is 1.83 bits per heavy atom. The number of amides is 2. The van der Waals surface area contributed by atoms with Gasteiger partial charge in [-0.2, -0.15) is 13.2 Å². The monoisotopic (exact) mass is 347 g/mol. The van der Waals surface area contributed by atoms with Crippen molar-refractivity contribution in [3.63, 3.8) is 0 Å². The van der Waals surface area contributed by atoms with Gasteiger partial charge in [-0.25, -0.2) is 0 Å². The molecule has 2 saturated heterocycles. The van der Waals surface area contributed by atoms with Gasteiger partial charge in [0, 0.05) is 32.1 Å². The highest BCUT2D eigenvalue weighted by atomic mass is 19.4. The molecule has 0 bridgehead atoms. The average molecular weight is 347 g/mol. The van der Waals surface area contributed by atoms with Crippen molar-refractivity contribution in [1.82, 2.24) is 15.1 Å². The summed E-state index contributed by atoms with van der Waals surface area (Å²) in [6, 6.07) is 0.418. The highest BCUT2D eigenvalue weighted by Gasteiger charge is 2.42. The molecule has 0 spiro atoms. The molecule has 5 nitrogen and oxygen atoms in total. The number of hydrogen-bond acceptors (Lipinski definition) is 3. The number of alkyl halides is 3. The minimum absolute atomic E-state index is 0.102. The SMILES string of the molecule is O=C1CC(C(=O)N2CCC(NCC3CC3)CC2)CN1CC(F)(F)F. The molecule has 1 saturated carbocycles. The van der Waals surface area contributed by atoms with Gasteiger partial charge in [0.15, 0.2) is 0 Å². The summed E-state index contributed by atoms with van der Waals surface area (Å²) in [4.78, 5) is 26.7. The molecule has 0 radical (unpaired) electrons. The minimum atomic E-state index is -4.42.